The first-order chi connectivity index (χ1) is 14.1. The van der Waals surface area contributed by atoms with Crippen LogP contribution < -0.4 is 5.19 Å². The molecule has 152 valence electrons. The summed E-state index contributed by atoms with van der Waals surface area (Å²) in [4.78, 5) is 5.29. The molecule has 0 saturated carbocycles. The van der Waals surface area contributed by atoms with Gasteiger partial charge in [0, 0.05) is 10.9 Å². The molecule has 0 aliphatic carbocycles. The summed E-state index contributed by atoms with van der Waals surface area (Å²) in [6, 6.07) is 15.8. The van der Waals surface area contributed by atoms with Gasteiger partial charge < -0.3 is 0 Å². The average molecular weight is 410 g/mol. The van der Waals surface area contributed by atoms with Gasteiger partial charge in [-0.25, -0.2) is 4.98 Å². The molecule has 0 spiro atoms. The monoisotopic (exact) mass is 409 g/mol. The molecule has 0 saturated heterocycles. The standard InChI is InChI=1S/C28H31NSi/c1-16-13-20-15-23-26-25(18(3)21-11-9-10-12-24(21)29-26)28(5,6)30(7,8)27(23)19(4)22(20)14-17(16)2/h9-15H,1-8H3. The second-order valence-electron chi connectivity index (χ2n) is 10.3. The number of nitrogens with zero attached hydrogens (tertiary/aromatic N) is 1. The Labute approximate surface area is 181 Å². The van der Waals surface area contributed by atoms with Gasteiger partial charge in [0.05, 0.1) is 19.3 Å². The Morgan fingerprint density at radius 2 is 1.47 bits per heavy atom. The number of fused-ring (bicyclic) bond motifs is 5. The summed E-state index contributed by atoms with van der Waals surface area (Å²) in [7, 11) is -1.84. The molecule has 0 amide bonds. The fraction of sp³-hybridized carbons (Fsp3) is 0.321. The van der Waals surface area contributed by atoms with E-state index in [1.165, 1.54) is 55.2 Å². The first kappa shape index (κ1) is 19.5. The minimum absolute atomic E-state index is 0.106. The third-order valence-electron chi connectivity index (χ3n) is 8.23. The Morgan fingerprint density at radius 1 is 0.800 bits per heavy atom. The lowest BCUT2D eigenvalue weighted by molar-refractivity contribution is 0.715. The predicted molar refractivity (Wildman–Crippen MR) is 134 cm³/mol. The smallest absolute Gasteiger partial charge is 0.0918 e. The SMILES string of the molecule is Cc1cc2cc3c(c(C)c2cc1C)[Si](C)(C)C(C)(C)c1c-3nc2ccccc2c1C. The second kappa shape index (κ2) is 6.04. The third-order valence-corrected chi connectivity index (χ3v) is 13.5. The van der Waals surface area contributed by atoms with E-state index in [1.807, 2.05) is 0 Å². The molecule has 0 unspecified atom stereocenters. The number of para-hydroxylation sites is 1. The van der Waals surface area contributed by atoms with Crippen molar-refractivity contribution in [2.24, 2.45) is 0 Å². The Bertz CT molecular complexity index is 1380. The summed E-state index contributed by atoms with van der Waals surface area (Å²) < 4.78 is 0. The zero-order valence-corrected chi connectivity index (χ0v) is 20.5. The summed E-state index contributed by atoms with van der Waals surface area (Å²) in [6.07, 6.45) is 0. The molecular weight excluding hydrogens is 378 g/mol. The lowest BCUT2D eigenvalue weighted by Gasteiger charge is -2.48. The topological polar surface area (TPSA) is 12.9 Å². The zero-order valence-electron chi connectivity index (χ0n) is 19.5. The highest BCUT2D eigenvalue weighted by Crippen LogP contribution is 2.48. The highest BCUT2D eigenvalue weighted by molar-refractivity contribution is 6.94. The summed E-state index contributed by atoms with van der Waals surface area (Å²) >= 11 is 0. The molecule has 2 heterocycles. The van der Waals surface area contributed by atoms with Crippen molar-refractivity contribution in [3.63, 3.8) is 0 Å². The van der Waals surface area contributed by atoms with Crippen LogP contribution in [0.25, 0.3) is 32.9 Å². The van der Waals surface area contributed by atoms with E-state index in [0.29, 0.717) is 0 Å². The maximum absolute atomic E-state index is 5.29. The van der Waals surface area contributed by atoms with Crippen LogP contribution in [0, 0.1) is 27.7 Å². The first-order valence-electron chi connectivity index (χ1n) is 11.0. The molecule has 1 aliphatic rings. The highest BCUT2D eigenvalue weighted by atomic mass is 28.3. The second-order valence-corrected chi connectivity index (χ2v) is 15.3. The Kier molecular flexibility index (Phi) is 3.93. The number of aromatic nitrogens is 1. The van der Waals surface area contributed by atoms with Crippen LogP contribution in [-0.4, -0.2) is 13.1 Å². The molecule has 2 heteroatoms. The average Bonchev–Trinajstić information content (AvgIpc) is 2.68. The normalized spacial score (nSPS) is 16.5. The van der Waals surface area contributed by atoms with E-state index in [2.05, 4.69) is 97.1 Å². The number of rotatable bonds is 0. The van der Waals surface area contributed by atoms with E-state index in [-0.39, 0.29) is 5.04 Å². The van der Waals surface area contributed by atoms with E-state index in [4.69, 9.17) is 4.98 Å². The Morgan fingerprint density at radius 3 is 2.20 bits per heavy atom. The maximum atomic E-state index is 5.29. The number of benzene rings is 3. The van der Waals surface area contributed by atoms with Gasteiger partial charge in [-0.15, -0.1) is 0 Å². The van der Waals surface area contributed by atoms with E-state index >= 15 is 0 Å². The fourth-order valence-corrected chi connectivity index (χ4v) is 9.29. The van der Waals surface area contributed by atoms with Crippen LogP contribution in [0.1, 0.15) is 41.7 Å². The van der Waals surface area contributed by atoms with E-state index in [0.717, 1.165) is 5.52 Å². The summed E-state index contributed by atoms with van der Waals surface area (Å²) in [5.74, 6) is 0. The molecule has 5 rings (SSSR count). The van der Waals surface area contributed by atoms with Gasteiger partial charge in [-0.1, -0.05) is 57.3 Å². The largest absolute Gasteiger partial charge is 0.247 e. The van der Waals surface area contributed by atoms with Crippen LogP contribution in [0.3, 0.4) is 0 Å². The molecule has 1 aromatic heterocycles. The molecule has 0 radical (unpaired) electrons. The molecular formula is C28H31NSi. The van der Waals surface area contributed by atoms with Crippen LogP contribution in [0.2, 0.25) is 13.1 Å². The molecule has 0 N–H and O–H groups in total. The lowest BCUT2D eigenvalue weighted by atomic mass is 9.87. The quantitative estimate of drug-likeness (QED) is 0.284. The summed E-state index contributed by atoms with van der Waals surface area (Å²) in [6.45, 7) is 19.2. The highest BCUT2D eigenvalue weighted by Gasteiger charge is 2.50. The fourth-order valence-electron chi connectivity index (χ4n) is 5.80. The van der Waals surface area contributed by atoms with Crippen molar-refractivity contribution in [2.45, 2.75) is 59.7 Å². The molecule has 3 aromatic carbocycles. The lowest BCUT2D eigenvalue weighted by Crippen LogP contribution is -2.61. The van der Waals surface area contributed by atoms with Gasteiger partial charge in [-0.05, 0) is 88.6 Å². The maximum Gasteiger partial charge on any atom is 0.0918 e. The third kappa shape index (κ3) is 2.31. The minimum Gasteiger partial charge on any atom is -0.247 e. The molecule has 1 aliphatic heterocycles. The predicted octanol–water partition coefficient (Wildman–Crippen LogP) is 7.03. The molecule has 0 bridgehead atoms. The number of aryl methyl sites for hydroxylation is 4. The van der Waals surface area contributed by atoms with Gasteiger partial charge in [0.25, 0.3) is 0 Å². The minimum atomic E-state index is -1.84. The number of pyridine rings is 1. The van der Waals surface area contributed by atoms with Crippen molar-refractivity contribution in [1.82, 2.24) is 4.98 Å². The molecule has 30 heavy (non-hydrogen) atoms. The van der Waals surface area contributed by atoms with Crippen molar-refractivity contribution in [1.29, 1.82) is 0 Å². The molecule has 0 fully saturated rings. The van der Waals surface area contributed by atoms with Gasteiger partial charge >= 0.3 is 0 Å². The van der Waals surface area contributed by atoms with Gasteiger partial charge in [0.1, 0.15) is 0 Å². The van der Waals surface area contributed by atoms with Crippen molar-refractivity contribution < 1.29 is 0 Å². The van der Waals surface area contributed by atoms with Gasteiger partial charge in [-0.2, -0.15) is 0 Å². The van der Waals surface area contributed by atoms with Gasteiger partial charge in [0.2, 0.25) is 0 Å². The van der Waals surface area contributed by atoms with Gasteiger partial charge in [0.15, 0.2) is 0 Å². The molecule has 0 atom stereocenters. The summed E-state index contributed by atoms with van der Waals surface area (Å²) in [5.41, 5.74) is 10.8. The van der Waals surface area contributed by atoms with Crippen molar-refractivity contribution in [2.75, 3.05) is 0 Å². The Hall–Kier alpha value is -2.45. The first-order valence-corrected chi connectivity index (χ1v) is 14.0. The van der Waals surface area contributed by atoms with Crippen molar-refractivity contribution >= 4 is 34.9 Å². The van der Waals surface area contributed by atoms with E-state index < -0.39 is 8.07 Å². The number of hydrogen-bond acceptors (Lipinski definition) is 1. The Balaban J connectivity index is 2.02. The zero-order chi connectivity index (χ0) is 21.6. The van der Waals surface area contributed by atoms with Crippen molar-refractivity contribution in [3.8, 4) is 11.3 Å². The van der Waals surface area contributed by atoms with Crippen LogP contribution in [-0.2, 0) is 5.04 Å². The van der Waals surface area contributed by atoms with Crippen molar-refractivity contribution in [3.05, 3.63) is 70.3 Å². The number of hydrogen-bond donors (Lipinski definition) is 0. The molecule has 1 nitrogen and oxygen atoms in total. The van der Waals surface area contributed by atoms with Crippen LogP contribution in [0.4, 0.5) is 0 Å². The van der Waals surface area contributed by atoms with E-state index in [1.54, 1.807) is 5.19 Å². The molecule has 4 aromatic rings. The van der Waals surface area contributed by atoms with Crippen LogP contribution in [0.15, 0.2) is 42.5 Å². The van der Waals surface area contributed by atoms with E-state index in [9.17, 15) is 0 Å². The summed E-state index contributed by atoms with van der Waals surface area (Å²) in [5, 5.41) is 5.75. The van der Waals surface area contributed by atoms with Gasteiger partial charge in [-0.3, -0.25) is 0 Å². The van der Waals surface area contributed by atoms with Crippen LogP contribution >= 0.6 is 0 Å². The van der Waals surface area contributed by atoms with Crippen LogP contribution in [0.5, 0.6) is 0 Å².